The van der Waals surface area contributed by atoms with Gasteiger partial charge in [0.25, 0.3) is 0 Å². The van der Waals surface area contributed by atoms with Gasteiger partial charge in [0, 0.05) is 12.5 Å². The molecule has 1 amide bonds. The van der Waals surface area contributed by atoms with Gasteiger partial charge in [-0.1, -0.05) is 33.8 Å². The van der Waals surface area contributed by atoms with E-state index < -0.39 is 0 Å². The van der Waals surface area contributed by atoms with E-state index in [0.717, 1.165) is 25.7 Å². The van der Waals surface area contributed by atoms with Crippen LogP contribution in [-0.4, -0.2) is 36.6 Å². The molecule has 3 rings (SSSR count). The first-order chi connectivity index (χ1) is 9.00. The average Bonchev–Trinajstić information content (AvgIpc) is 2.85. The van der Waals surface area contributed by atoms with Gasteiger partial charge in [0.2, 0.25) is 5.91 Å². The van der Waals surface area contributed by atoms with Crippen LogP contribution in [0, 0.1) is 17.3 Å². The molecule has 0 aromatic carbocycles. The Labute approximate surface area is 117 Å². The molecule has 1 saturated carbocycles. The van der Waals surface area contributed by atoms with Gasteiger partial charge < -0.3 is 9.64 Å². The number of fused-ring (bicyclic) bond motifs is 2. The predicted molar refractivity (Wildman–Crippen MR) is 76.8 cm³/mol. The summed E-state index contributed by atoms with van der Waals surface area (Å²) in [4.78, 5) is 13.7. The van der Waals surface area contributed by atoms with Crippen LogP contribution in [0.2, 0.25) is 0 Å². The lowest BCUT2D eigenvalue weighted by atomic mass is 9.62. The average molecular weight is 265 g/mol. The Balaban J connectivity index is 0.000000297. The van der Waals surface area contributed by atoms with Gasteiger partial charge in [0.15, 0.2) is 0 Å². The lowest BCUT2D eigenvalue weighted by Gasteiger charge is -2.41. The van der Waals surface area contributed by atoms with Crippen molar-refractivity contribution >= 4 is 5.91 Å². The van der Waals surface area contributed by atoms with Gasteiger partial charge in [-0.3, -0.25) is 4.79 Å². The van der Waals surface area contributed by atoms with Gasteiger partial charge in [0.1, 0.15) is 0 Å². The molecular weight excluding hydrogens is 238 g/mol. The highest BCUT2D eigenvalue weighted by Crippen LogP contribution is 2.55. The monoisotopic (exact) mass is 265 g/mol. The van der Waals surface area contributed by atoms with Crippen LogP contribution >= 0.6 is 0 Å². The predicted octanol–water partition coefficient (Wildman–Crippen LogP) is 2.86. The van der Waals surface area contributed by atoms with Gasteiger partial charge in [-0.2, -0.15) is 0 Å². The second-order valence-corrected chi connectivity index (χ2v) is 6.83. The maximum Gasteiger partial charge on any atom is 0.246 e. The van der Waals surface area contributed by atoms with Crippen molar-refractivity contribution in [2.45, 2.75) is 46.1 Å². The summed E-state index contributed by atoms with van der Waals surface area (Å²) < 4.78 is 5.54. The van der Waals surface area contributed by atoms with Crippen molar-refractivity contribution in [3.05, 3.63) is 12.7 Å². The zero-order valence-electron chi connectivity index (χ0n) is 12.5. The number of ether oxygens (including phenoxy) is 1. The standard InChI is InChI=1S/C12H17NO2.C4H10/c1-2-11(14)13-8-12(4-3-5-12)9-6-15-7-10(9)13;1-4(2)3/h2,9-10H,1,3-8H2;4H,1-3H3. The number of likely N-dealkylation sites (tertiary alicyclic amines) is 1. The smallest absolute Gasteiger partial charge is 0.246 e. The molecule has 0 aromatic heterocycles. The number of hydrogen-bond donors (Lipinski definition) is 0. The van der Waals surface area contributed by atoms with Crippen molar-refractivity contribution in [3.63, 3.8) is 0 Å². The topological polar surface area (TPSA) is 29.5 Å². The highest BCUT2D eigenvalue weighted by Gasteiger charge is 2.58. The van der Waals surface area contributed by atoms with E-state index in [9.17, 15) is 4.79 Å². The Hall–Kier alpha value is -0.830. The van der Waals surface area contributed by atoms with Crippen LogP contribution < -0.4 is 0 Å². The molecule has 2 heterocycles. The van der Waals surface area contributed by atoms with Gasteiger partial charge in [-0.15, -0.1) is 0 Å². The van der Waals surface area contributed by atoms with Gasteiger partial charge in [-0.25, -0.2) is 0 Å². The molecular formula is C16H27NO2. The minimum Gasteiger partial charge on any atom is -0.379 e. The molecule has 3 nitrogen and oxygen atoms in total. The van der Waals surface area contributed by atoms with Crippen molar-refractivity contribution in [2.24, 2.45) is 17.3 Å². The fourth-order valence-electron chi connectivity index (χ4n) is 3.53. The zero-order chi connectivity index (χ0) is 14.0. The van der Waals surface area contributed by atoms with E-state index in [1.54, 1.807) is 0 Å². The third-order valence-corrected chi connectivity index (χ3v) is 4.53. The van der Waals surface area contributed by atoms with E-state index in [0.29, 0.717) is 17.4 Å². The third kappa shape index (κ3) is 2.71. The first-order valence-electron chi connectivity index (χ1n) is 7.51. The van der Waals surface area contributed by atoms with Crippen molar-refractivity contribution in [3.8, 4) is 0 Å². The fraction of sp³-hybridized carbons (Fsp3) is 0.812. The number of rotatable bonds is 1. The largest absolute Gasteiger partial charge is 0.379 e. The number of carbonyl (C=O) groups is 1. The molecule has 1 aliphatic carbocycles. The molecule has 3 fully saturated rings. The summed E-state index contributed by atoms with van der Waals surface area (Å²) in [6.07, 6.45) is 5.31. The third-order valence-electron chi connectivity index (χ3n) is 4.53. The Morgan fingerprint density at radius 3 is 2.47 bits per heavy atom. The molecule has 0 aromatic rings. The molecule has 2 unspecified atom stereocenters. The van der Waals surface area contributed by atoms with E-state index in [4.69, 9.17) is 4.74 Å². The first kappa shape index (κ1) is 14.6. The fourth-order valence-corrected chi connectivity index (χ4v) is 3.53. The van der Waals surface area contributed by atoms with E-state index in [1.165, 1.54) is 25.3 Å². The minimum absolute atomic E-state index is 0.0827. The van der Waals surface area contributed by atoms with Crippen LogP contribution in [0.1, 0.15) is 40.0 Å². The quantitative estimate of drug-likeness (QED) is 0.682. The van der Waals surface area contributed by atoms with Crippen LogP contribution in [0.5, 0.6) is 0 Å². The van der Waals surface area contributed by atoms with Crippen LogP contribution in [-0.2, 0) is 9.53 Å². The SMILES string of the molecule is C=CC(=O)N1CC2(CCC2)C2COCC21.CC(C)C. The van der Waals surface area contributed by atoms with Gasteiger partial charge in [0.05, 0.1) is 19.3 Å². The summed E-state index contributed by atoms with van der Waals surface area (Å²) in [6.45, 7) is 12.6. The Morgan fingerprint density at radius 1 is 1.37 bits per heavy atom. The van der Waals surface area contributed by atoms with E-state index >= 15 is 0 Å². The second-order valence-electron chi connectivity index (χ2n) is 6.83. The van der Waals surface area contributed by atoms with Gasteiger partial charge >= 0.3 is 0 Å². The Kier molecular flexibility index (Phi) is 4.34. The molecule has 0 radical (unpaired) electrons. The molecule has 1 spiro atoms. The number of carbonyl (C=O) groups excluding carboxylic acids is 1. The molecule has 3 heteroatoms. The summed E-state index contributed by atoms with van der Waals surface area (Å²) in [5.41, 5.74) is 0.403. The first-order valence-corrected chi connectivity index (χ1v) is 7.51. The van der Waals surface area contributed by atoms with Crippen molar-refractivity contribution in [1.29, 1.82) is 0 Å². The molecule has 0 N–H and O–H groups in total. The number of hydrogen-bond acceptors (Lipinski definition) is 2. The van der Waals surface area contributed by atoms with Crippen molar-refractivity contribution < 1.29 is 9.53 Å². The Bertz CT molecular complexity index is 344. The molecule has 108 valence electrons. The summed E-state index contributed by atoms with van der Waals surface area (Å²) >= 11 is 0. The maximum absolute atomic E-state index is 11.7. The van der Waals surface area contributed by atoms with Crippen molar-refractivity contribution in [2.75, 3.05) is 19.8 Å². The highest BCUT2D eigenvalue weighted by atomic mass is 16.5. The summed E-state index contributed by atoms with van der Waals surface area (Å²) in [6, 6.07) is 0.329. The number of amides is 1. The number of nitrogens with zero attached hydrogens (tertiary/aromatic N) is 1. The van der Waals surface area contributed by atoms with Crippen molar-refractivity contribution in [1.82, 2.24) is 4.90 Å². The minimum atomic E-state index is 0.0827. The molecule has 2 atom stereocenters. The molecule has 0 bridgehead atoms. The lowest BCUT2D eigenvalue weighted by molar-refractivity contribution is -0.127. The summed E-state index contributed by atoms with van der Waals surface area (Å²) in [5.74, 6) is 1.51. The molecule has 3 aliphatic rings. The van der Waals surface area contributed by atoms with Crippen LogP contribution in [0.25, 0.3) is 0 Å². The highest BCUT2D eigenvalue weighted by molar-refractivity contribution is 5.87. The normalized spacial score (nSPS) is 30.6. The van der Waals surface area contributed by atoms with E-state index in [1.807, 2.05) is 4.90 Å². The summed E-state index contributed by atoms with van der Waals surface area (Å²) in [7, 11) is 0. The molecule has 19 heavy (non-hydrogen) atoms. The summed E-state index contributed by atoms with van der Waals surface area (Å²) in [5, 5.41) is 0. The van der Waals surface area contributed by atoms with Crippen LogP contribution in [0.4, 0.5) is 0 Å². The van der Waals surface area contributed by atoms with E-state index in [-0.39, 0.29) is 5.91 Å². The van der Waals surface area contributed by atoms with Crippen LogP contribution in [0.3, 0.4) is 0 Å². The van der Waals surface area contributed by atoms with Crippen LogP contribution in [0.15, 0.2) is 12.7 Å². The molecule has 2 saturated heterocycles. The maximum atomic E-state index is 11.7. The van der Waals surface area contributed by atoms with E-state index in [2.05, 4.69) is 27.4 Å². The second kappa shape index (κ2) is 5.66. The molecule has 2 aliphatic heterocycles. The Morgan fingerprint density at radius 2 is 2.00 bits per heavy atom. The zero-order valence-corrected chi connectivity index (χ0v) is 12.5. The lowest BCUT2D eigenvalue weighted by Crippen LogP contribution is -2.39. The van der Waals surface area contributed by atoms with Gasteiger partial charge in [-0.05, 0) is 30.3 Å².